The number of hydrogen-bond donors (Lipinski definition) is 0. The average Bonchev–Trinajstić information content (AvgIpc) is 3.39. The van der Waals surface area contributed by atoms with Gasteiger partial charge in [0, 0.05) is 31.7 Å². The van der Waals surface area contributed by atoms with Crippen molar-refractivity contribution in [1.82, 2.24) is 10.2 Å². The van der Waals surface area contributed by atoms with Crippen LogP contribution in [-0.2, 0) is 9.47 Å². The van der Waals surface area contributed by atoms with Crippen LogP contribution >= 0.6 is 0 Å². The molecule has 126 valence electrons. The highest BCUT2D eigenvalue weighted by Gasteiger charge is 2.46. The van der Waals surface area contributed by atoms with Crippen molar-refractivity contribution in [1.29, 1.82) is 0 Å². The molecule has 1 aliphatic carbocycles. The van der Waals surface area contributed by atoms with Crippen LogP contribution < -0.4 is 4.90 Å². The van der Waals surface area contributed by atoms with Gasteiger partial charge in [0.15, 0.2) is 5.82 Å². The van der Waals surface area contributed by atoms with Gasteiger partial charge in [-0.25, -0.2) is 0 Å². The molecular formula is C18H27N3O2. The molecule has 1 aromatic heterocycles. The molecule has 23 heavy (non-hydrogen) atoms. The Hall–Kier alpha value is -1.20. The second kappa shape index (κ2) is 6.36. The lowest BCUT2D eigenvalue weighted by Gasteiger charge is -2.50. The lowest BCUT2D eigenvalue weighted by molar-refractivity contribution is -0.126. The lowest BCUT2D eigenvalue weighted by atomic mass is 9.73. The van der Waals surface area contributed by atoms with Gasteiger partial charge in [-0.05, 0) is 57.1 Å². The van der Waals surface area contributed by atoms with Crippen LogP contribution in [0.5, 0.6) is 0 Å². The highest BCUT2D eigenvalue weighted by atomic mass is 16.5. The highest BCUT2D eigenvalue weighted by molar-refractivity contribution is 5.39. The molecule has 0 radical (unpaired) electrons. The van der Waals surface area contributed by atoms with E-state index in [4.69, 9.17) is 9.47 Å². The number of fused-ring (bicyclic) bond motifs is 1. The summed E-state index contributed by atoms with van der Waals surface area (Å²) in [6.45, 7) is 6.60. The van der Waals surface area contributed by atoms with Crippen molar-refractivity contribution in [2.75, 3.05) is 37.8 Å². The second-order valence-corrected chi connectivity index (χ2v) is 7.53. The zero-order valence-corrected chi connectivity index (χ0v) is 14.0. The molecule has 3 heterocycles. The van der Waals surface area contributed by atoms with Gasteiger partial charge in [0.05, 0.1) is 18.4 Å². The van der Waals surface area contributed by atoms with Crippen LogP contribution in [0.15, 0.2) is 12.1 Å². The maximum absolute atomic E-state index is 6.12. The van der Waals surface area contributed by atoms with Gasteiger partial charge in [-0.1, -0.05) is 0 Å². The summed E-state index contributed by atoms with van der Waals surface area (Å²) in [5.74, 6) is 1.80. The molecule has 0 aromatic carbocycles. The number of ether oxygens (including phenoxy) is 2. The molecule has 3 fully saturated rings. The summed E-state index contributed by atoms with van der Waals surface area (Å²) in [6.07, 6.45) is 6.41. The summed E-state index contributed by atoms with van der Waals surface area (Å²) in [6, 6.07) is 4.13. The van der Waals surface area contributed by atoms with Gasteiger partial charge in [-0.3, -0.25) is 0 Å². The van der Waals surface area contributed by atoms with Gasteiger partial charge in [0.25, 0.3) is 0 Å². The first kappa shape index (κ1) is 15.3. The Kier molecular flexibility index (Phi) is 4.24. The molecule has 0 N–H and O–H groups in total. The van der Waals surface area contributed by atoms with Crippen molar-refractivity contribution >= 4 is 5.82 Å². The van der Waals surface area contributed by atoms with Crippen molar-refractivity contribution in [3.8, 4) is 0 Å². The van der Waals surface area contributed by atoms with Crippen LogP contribution in [0.1, 0.15) is 37.8 Å². The van der Waals surface area contributed by atoms with E-state index >= 15 is 0 Å². The molecule has 4 rings (SSSR count). The Morgan fingerprint density at radius 1 is 1.30 bits per heavy atom. The molecule has 5 heteroatoms. The number of rotatable bonds is 5. The number of nitrogens with zero attached hydrogens (tertiary/aromatic N) is 3. The summed E-state index contributed by atoms with van der Waals surface area (Å²) < 4.78 is 12.2. The molecule has 5 nitrogen and oxygen atoms in total. The predicted octanol–water partition coefficient (Wildman–Crippen LogP) is 2.59. The lowest BCUT2D eigenvalue weighted by Crippen LogP contribution is -2.57. The molecule has 1 aromatic rings. The van der Waals surface area contributed by atoms with Crippen molar-refractivity contribution in [3.63, 3.8) is 0 Å². The molecule has 0 spiro atoms. The number of hydrogen-bond acceptors (Lipinski definition) is 5. The van der Waals surface area contributed by atoms with Crippen molar-refractivity contribution in [3.05, 3.63) is 17.8 Å². The minimum atomic E-state index is 0.123. The molecule has 1 saturated carbocycles. The number of anilines is 1. The average molecular weight is 317 g/mol. The van der Waals surface area contributed by atoms with E-state index in [1.54, 1.807) is 0 Å². The summed E-state index contributed by atoms with van der Waals surface area (Å²) >= 11 is 0. The first-order valence-corrected chi connectivity index (χ1v) is 9.00. The van der Waals surface area contributed by atoms with E-state index in [0.717, 1.165) is 63.2 Å². The minimum Gasteiger partial charge on any atom is -0.380 e. The van der Waals surface area contributed by atoms with Gasteiger partial charge in [0.1, 0.15) is 0 Å². The normalized spacial score (nSPS) is 31.0. The van der Waals surface area contributed by atoms with E-state index in [-0.39, 0.29) is 5.41 Å². The highest BCUT2D eigenvalue weighted by Crippen LogP contribution is 2.42. The maximum atomic E-state index is 6.12. The van der Waals surface area contributed by atoms with E-state index in [1.165, 1.54) is 19.3 Å². The SMILES string of the molecule is Cc1ccc(N2CC[C@H]3OCCC[C@@]3(COCC3CC3)C2)nn1. The van der Waals surface area contributed by atoms with E-state index in [1.807, 2.05) is 13.0 Å². The van der Waals surface area contributed by atoms with Crippen LogP contribution in [-0.4, -0.2) is 49.2 Å². The first-order valence-electron chi connectivity index (χ1n) is 9.00. The molecule has 0 bridgehead atoms. The Bertz CT molecular complexity index is 532. The summed E-state index contributed by atoms with van der Waals surface area (Å²) in [4.78, 5) is 2.37. The van der Waals surface area contributed by atoms with Crippen molar-refractivity contribution < 1.29 is 9.47 Å². The smallest absolute Gasteiger partial charge is 0.151 e. The predicted molar refractivity (Wildman–Crippen MR) is 88.5 cm³/mol. The molecule has 3 aliphatic rings. The largest absolute Gasteiger partial charge is 0.380 e. The van der Waals surface area contributed by atoms with E-state index in [9.17, 15) is 0 Å². The fourth-order valence-electron chi connectivity index (χ4n) is 3.97. The third kappa shape index (κ3) is 3.36. The first-order chi connectivity index (χ1) is 11.3. The fourth-order valence-corrected chi connectivity index (χ4v) is 3.97. The molecule has 2 aliphatic heterocycles. The van der Waals surface area contributed by atoms with Crippen LogP contribution in [0.3, 0.4) is 0 Å². The minimum absolute atomic E-state index is 0.123. The summed E-state index contributed by atoms with van der Waals surface area (Å²) in [7, 11) is 0. The van der Waals surface area contributed by atoms with E-state index < -0.39 is 0 Å². The van der Waals surface area contributed by atoms with Gasteiger partial charge >= 0.3 is 0 Å². The van der Waals surface area contributed by atoms with Gasteiger partial charge < -0.3 is 14.4 Å². The Balaban J connectivity index is 1.47. The third-order valence-corrected chi connectivity index (χ3v) is 5.54. The monoisotopic (exact) mass is 317 g/mol. The molecule has 2 saturated heterocycles. The topological polar surface area (TPSA) is 47.5 Å². The Labute approximate surface area is 138 Å². The van der Waals surface area contributed by atoms with Gasteiger partial charge in [-0.15, -0.1) is 5.10 Å². The summed E-state index contributed by atoms with van der Waals surface area (Å²) in [5, 5.41) is 8.60. The van der Waals surface area contributed by atoms with Crippen molar-refractivity contribution in [2.24, 2.45) is 11.3 Å². The molecule has 2 atom stereocenters. The number of aromatic nitrogens is 2. The zero-order chi connectivity index (χ0) is 15.7. The summed E-state index contributed by atoms with van der Waals surface area (Å²) in [5.41, 5.74) is 1.09. The van der Waals surface area contributed by atoms with Gasteiger partial charge in [-0.2, -0.15) is 5.10 Å². The van der Waals surface area contributed by atoms with Crippen LogP contribution in [0.2, 0.25) is 0 Å². The molecule has 0 unspecified atom stereocenters. The van der Waals surface area contributed by atoms with Crippen molar-refractivity contribution in [2.45, 2.75) is 45.1 Å². The van der Waals surface area contributed by atoms with Gasteiger partial charge in [0.2, 0.25) is 0 Å². The molecular weight excluding hydrogens is 290 g/mol. The van der Waals surface area contributed by atoms with Crippen LogP contribution in [0, 0.1) is 18.3 Å². The van der Waals surface area contributed by atoms with Crippen LogP contribution in [0.25, 0.3) is 0 Å². The number of aryl methyl sites for hydroxylation is 1. The second-order valence-electron chi connectivity index (χ2n) is 7.53. The fraction of sp³-hybridized carbons (Fsp3) is 0.778. The Morgan fingerprint density at radius 3 is 3.00 bits per heavy atom. The van der Waals surface area contributed by atoms with E-state index in [0.29, 0.717) is 6.10 Å². The Morgan fingerprint density at radius 2 is 2.22 bits per heavy atom. The molecule has 0 amide bonds. The van der Waals surface area contributed by atoms with E-state index in [2.05, 4.69) is 21.2 Å². The maximum Gasteiger partial charge on any atom is 0.151 e. The quantitative estimate of drug-likeness (QED) is 0.835. The standard InChI is InChI=1S/C18H27N3O2/c1-14-3-6-17(20-19-14)21-9-7-16-18(12-21,8-2-10-23-16)13-22-11-15-4-5-15/h3,6,15-16H,2,4-5,7-13H2,1H3/t16-,18+/m1/s1. The number of piperidine rings is 1. The third-order valence-electron chi connectivity index (χ3n) is 5.54. The van der Waals surface area contributed by atoms with Crippen LogP contribution in [0.4, 0.5) is 5.82 Å². The zero-order valence-electron chi connectivity index (χ0n) is 14.0.